The van der Waals surface area contributed by atoms with E-state index in [1.54, 1.807) is 29.2 Å². The summed E-state index contributed by atoms with van der Waals surface area (Å²) in [6.45, 7) is 4.76. The number of carbonyl (C=O) groups is 3. The number of amides is 3. The highest BCUT2D eigenvalue weighted by Crippen LogP contribution is 2.32. The Balaban J connectivity index is 1.64. The molecule has 1 aliphatic rings. The second kappa shape index (κ2) is 8.20. The van der Waals surface area contributed by atoms with Crippen molar-refractivity contribution in [3.8, 4) is 0 Å². The molecule has 0 saturated heterocycles. The molecular weight excluding hydrogens is 412 g/mol. The van der Waals surface area contributed by atoms with Crippen molar-refractivity contribution in [2.45, 2.75) is 13.8 Å². The molecule has 2 aromatic carbocycles. The normalized spacial score (nSPS) is 13.4. The van der Waals surface area contributed by atoms with E-state index < -0.39 is 11.8 Å². The Morgan fingerprint density at radius 1 is 1.03 bits per heavy atom. The summed E-state index contributed by atoms with van der Waals surface area (Å²) >= 11 is 1.45. The number of aromatic nitrogens is 1. The lowest BCUT2D eigenvalue weighted by molar-refractivity contribution is -0.119. The number of carbonyl (C=O) groups excluding carboxylic acids is 3. The van der Waals surface area contributed by atoms with Crippen molar-refractivity contribution in [2.24, 2.45) is 0 Å². The van der Waals surface area contributed by atoms with Crippen LogP contribution < -0.4 is 4.90 Å². The summed E-state index contributed by atoms with van der Waals surface area (Å²) < 4.78 is 1.01. The summed E-state index contributed by atoms with van der Waals surface area (Å²) in [5.74, 6) is -1.20. The molecular formula is C23H24N4O3S. The average Bonchev–Trinajstić information content (AvgIpc) is 3.23. The highest BCUT2D eigenvalue weighted by molar-refractivity contribution is 7.22. The van der Waals surface area contributed by atoms with Gasteiger partial charge in [0.1, 0.15) is 6.54 Å². The first-order chi connectivity index (χ1) is 14.8. The van der Waals surface area contributed by atoms with Gasteiger partial charge in [0.25, 0.3) is 11.8 Å². The largest absolute Gasteiger partial charge is 0.308 e. The second-order valence-corrected chi connectivity index (χ2v) is 9.02. The van der Waals surface area contributed by atoms with E-state index in [-0.39, 0.29) is 12.5 Å². The number of thiazole rings is 1. The smallest absolute Gasteiger partial charge is 0.262 e. The average molecular weight is 437 g/mol. The molecule has 0 radical (unpaired) electrons. The van der Waals surface area contributed by atoms with E-state index in [2.05, 4.69) is 12.1 Å². The Morgan fingerprint density at radius 3 is 2.29 bits per heavy atom. The second-order valence-electron chi connectivity index (χ2n) is 8.02. The molecule has 0 aliphatic carbocycles. The molecule has 0 saturated carbocycles. The van der Waals surface area contributed by atoms with Crippen molar-refractivity contribution in [1.82, 2.24) is 14.8 Å². The number of nitrogens with zero attached hydrogens (tertiary/aromatic N) is 4. The molecule has 3 aromatic rings. The van der Waals surface area contributed by atoms with Crippen LogP contribution in [-0.2, 0) is 4.79 Å². The number of fused-ring (bicyclic) bond motifs is 2. The van der Waals surface area contributed by atoms with Gasteiger partial charge in [-0.25, -0.2) is 4.98 Å². The van der Waals surface area contributed by atoms with Crippen LogP contribution in [0.25, 0.3) is 10.2 Å². The third-order valence-corrected chi connectivity index (χ3v) is 6.32. The SMILES string of the molecule is Cc1cc(C)c2nc(N(CCN(C)C)C(=O)CN3C(=O)c4ccccc4C3=O)sc2c1. The maximum atomic E-state index is 13.3. The van der Waals surface area contributed by atoms with Gasteiger partial charge in [0.2, 0.25) is 5.91 Å². The fraction of sp³-hybridized carbons (Fsp3) is 0.304. The first-order valence-electron chi connectivity index (χ1n) is 10.0. The van der Waals surface area contributed by atoms with Gasteiger partial charge in [-0.1, -0.05) is 29.5 Å². The van der Waals surface area contributed by atoms with Gasteiger partial charge in [-0.3, -0.25) is 24.2 Å². The van der Waals surface area contributed by atoms with Crippen LogP contribution in [0.15, 0.2) is 36.4 Å². The van der Waals surface area contributed by atoms with Crippen LogP contribution in [0, 0.1) is 13.8 Å². The lowest BCUT2D eigenvalue weighted by atomic mass is 10.1. The van der Waals surface area contributed by atoms with Gasteiger partial charge in [-0.15, -0.1) is 0 Å². The molecule has 160 valence electrons. The van der Waals surface area contributed by atoms with E-state index in [1.807, 2.05) is 32.8 Å². The van der Waals surface area contributed by atoms with Gasteiger partial charge in [-0.2, -0.15) is 0 Å². The first-order valence-corrected chi connectivity index (χ1v) is 10.9. The molecule has 1 aliphatic heterocycles. The molecule has 0 N–H and O–H groups in total. The maximum Gasteiger partial charge on any atom is 0.262 e. The molecule has 0 spiro atoms. The summed E-state index contributed by atoms with van der Waals surface area (Å²) in [4.78, 5) is 48.0. The third kappa shape index (κ3) is 3.96. The van der Waals surface area contributed by atoms with Crippen LogP contribution >= 0.6 is 11.3 Å². The predicted octanol–water partition coefficient (Wildman–Crippen LogP) is 3.10. The fourth-order valence-corrected chi connectivity index (χ4v) is 4.89. The van der Waals surface area contributed by atoms with E-state index in [0.717, 1.165) is 26.2 Å². The monoisotopic (exact) mass is 436 g/mol. The molecule has 4 rings (SSSR count). The molecule has 31 heavy (non-hydrogen) atoms. The molecule has 3 amide bonds. The number of anilines is 1. The van der Waals surface area contributed by atoms with Gasteiger partial charge in [0.15, 0.2) is 5.13 Å². The number of likely N-dealkylation sites (N-methyl/N-ethyl adjacent to an activating group) is 1. The predicted molar refractivity (Wildman–Crippen MR) is 122 cm³/mol. The summed E-state index contributed by atoms with van der Waals surface area (Å²) in [5, 5.41) is 0.576. The Labute approximate surface area is 184 Å². The summed E-state index contributed by atoms with van der Waals surface area (Å²) in [5.41, 5.74) is 3.74. The van der Waals surface area contributed by atoms with Crippen LogP contribution in [0.4, 0.5) is 5.13 Å². The lowest BCUT2D eigenvalue weighted by Crippen LogP contribution is -2.45. The highest BCUT2D eigenvalue weighted by Gasteiger charge is 2.37. The van der Waals surface area contributed by atoms with Crippen LogP contribution in [0.2, 0.25) is 0 Å². The van der Waals surface area contributed by atoms with Gasteiger partial charge < -0.3 is 4.90 Å². The molecule has 7 nitrogen and oxygen atoms in total. The molecule has 8 heteroatoms. The van der Waals surface area contributed by atoms with E-state index >= 15 is 0 Å². The Morgan fingerprint density at radius 2 is 1.68 bits per heavy atom. The summed E-state index contributed by atoms with van der Waals surface area (Å²) in [6, 6.07) is 10.8. The standard InChI is InChI=1S/C23H24N4O3S/c1-14-11-15(2)20-18(12-14)31-23(24-20)26(10-9-25(3)4)19(28)13-27-21(29)16-7-5-6-8-17(16)22(27)30/h5-8,11-12H,9-10,13H2,1-4H3. The minimum Gasteiger partial charge on any atom is -0.308 e. The number of aryl methyl sites for hydroxylation is 2. The van der Waals surface area contributed by atoms with Crippen molar-refractivity contribution in [3.05, 3.63) is 58.7 Å². The Hall–Kier alpha value is -3.10. The van der Waals surface area contributed by atoms with Crippen molar-refractivity contribution in [2.75, 3.05) is 38.6 Å². The van der Waals surface area contributed by atoms with E-state index in [0.29, 0.717) is 29.3 Å². The molecule has 1 aromatic heterocycles. The molecule has 0 bridgehead atoms. The number of hydrogen-bond donors (Lipinski definition) is 0. The van der Waals surface area contributed by atoms with Crippen LogP contribution in [0.1, 0.15) is 31.8 Å². The topological polar surface area (TPSA) is 73.8 Å². The molecule has 0 fully saturated rings. The summed E-state index contributed by atoms with van der Waals surface area (Å²) in [6.07, 6.45) is 0. The molecule has 2 heterocycles. The number of imide groups is 1. The highest BCUT2D eigenvalue weighted by atomic mass is 32.1. The zero-order chi connectivity index (χ0) is 22.3. The van der Waals surface area contributed by atoms with Crippen molar-refractivity contribution in [3.63, 3.8) is 0 Å². The zero-order valence-corrected chi connectivity index (χ0v) is 18.8. The number of rotatable bonds is 6. The minimum atomic E-state index is -0.433. The Kier molecular flexibility index (Phi) is 5.60. The number of hydrogen-bond acceptors (Lipinski definition) is 6. The third-order valence-electron chi connectivity index (χ3n) is 5.29. The molecule has 0 atom stereocenters. The van der Waals surface area contributed by atoms with E-state index in [9.17, 15) is 14.4 Å². The van der Waals surface area contributed by atoms with E-state index in [1.165, 1.54) is 11.3 Å². The van der Waals surface area contributed by atoms with Crippen molar-refractivity contribution in [1.29, 1.82) is 0 Å². The molecule has 0 unspecified atom stereocenters. The van der Waals surface area contributed by atoms with Crippen LogP contribution in [0.5, 0.6) is 0 Å². The van der Waals surface area contributed by atoms with Crippen LogP contribution in [-0.4, -0.2) is 66.2 Å². The summed E-state index contributed by atoms with van der Waals surface area (Å²) in [7, 11) is 3.86. The Bertz CT molecular complexity index is 1170. The fourth-order valence-electron chi connectivity index (χ4n) is 3.70. The quantitative estimate of drug-likeness (QED) is 0.555. The lowest BCUT2D eigenvalue weighted by Gasteiger charge is -2.24. The van der Waals surface area contributed by atoms with Gasteiger partial charge >= 0.3 is 0 Å². The minimum absolute atomic E-state index is 0.312. The first kappa shape index (κ1) is 21.1. The van der Waals surface area contributed by atoms with Crippen molar-refractivity contribution >= 4 is 44.4 Å². The van der Waals surface area contributed by atoms with Gasteiger partial charge in [0, 0.05) is 13.1 Å². The van der Waals surface area contributed by atoms with Gasteiger partial charge in [-0.05, 0) is 57.3 Å². The number of benzene rings is 2. The zero-order valence-electron chi connectivity index (χ0n) is 18.0. The maximum absolute atomic E-state index is 13.3. The van der Waals surface area contributed by atoms with Crippen molar-refractivity contribution < 1.29 is 14.4 Å². The van der Waals surface area contributed by atoms with Gasteiger partial charge in [0.05, 0.1) is 21.3 Å². The van der Waals surface area contributed by atoms with Crippen LogP contribution in [0.3, 0.4) is 0 Å². The van der Waals surface area contributed by atoms with E-state index in [4.69, 9.17) is 4.98 Å².